The van der Waals surface area contributed by atoms with Crippen molar-refractivity contribution in [2.45, 2.75) is 0 Å². The van der Waals surface area contributed by atoms with Crippen LogP contribution in [0.3, 0.4) is 0 Å². The average Bonchev–Trinajstić information content (AvgIpc) is 2.56. The molecule has 2 aromatic rings. The third-order valence-corrected chi connectivity index (χ3v) is 1.78. The molecule has 5 heteroatoms. The molecule has 15 heavy (non-hydrogen) atoms. The maximum absolute atomic E-state index is 11.8. The van der Waals surface area contributed by atoms with Crippen molar-refractivity contribution in [3.63, 3.8) is 0 Å². The van der Waals surface area contributed by atoms with Crippen molar-refractivity contribution in [1.29, 1.82) is 0 Å². The average molecular weight is 226 g/mol. The lowest BCUT2D eigenvalue weighted by Gasteiger charge is -1.89. The molecule has 2 aromatic heterocycles. The molecule has 0 amide bonds. The second kappa shape index (κ2) is 4.67. The van der Waals surface area contributed by atoms with Crippen LogP contribution in [0.15, 0.2) is 18.3 Å². The van der Waals surface area contributed by atoms with Crippen molar-refractivity contribution < 1.29 is 4.39 Å². The summed E-state index contributed by atoms with van der Waals surface area (Å²) in [6.07, 6.45) is 1.56. The molecule has 78 valence electrons. The minimum atomic E-state index is -0.648. The van der Waals surface area contributed by atoms with E-state index in [1.54, 1.807) is 18.3 Å². The number of nitrogens with zero attached hydrogens (tertiary/aromatic N) is 1. The van der Waals surface area contributed by atoms with E-state index in [9.17, 15) is 4.39 Å². The Labute approximate surface area is 92.3 Å². The van der Waals surface area contributed by atoms with Gasteiger partial charge in [0.1, 0.15) is 5.65 Å². The maximum Gasteiger partial charge on any atom is 0.150 e. The first kappa shape index (κ1) is 11.3. The smallest absolute Gasteiger partial charge is 0.150 e. The topological polar surface area (TPSA) is 54.7 Å². The number of nitrogens with two attached hydrogens (primary N) is 1. The third kappa shape index (κ3) is 2.39. The summed E-state index contributed by atoms with van der Waals surface area (Å²) in [6.45, 7) is -0.648. The van der Waals surface area contributed by atoms with Gasteiger partial charge in [0, 0.05) is 5.39 Å². The van der Waals surface area contributed by atoms with Gasteiger partial charge in [0.15, 0.2) is 6.67 Å². The molecular weight excluding hydrogens is 217 g/mol. The van der Waals surface area contributed by atoms with Gasteiger partial charge in [-0.05, 0) is 18.1 Å². The summed E-state index contributed by atoms with van der Waals surface area (Å²) in [6, 6.07) is 3.58. The van der Waals surface area contributed by atoms with E-state index < -0.39 is 6.67 Å². The lowest BCUT2D eigenvalue weighted by molar-refractivity contribution is 0.573. The fraction of sp³-hybridized carbons (Fsp3) is 0.100. The molecule has 0 aromatic carbocycles. The first-order valence-electron chi connectivity index (χ1n) is 4.08. The number of aromatic nitrogens is 2. The first-order valence-corrected chi connectivity index (χ1v) is 4.08. The highest BCUT2D eigenvalue weighted by molar-refractivity contribution is 5.85. The molecule has 0 radical (unpaired) electrons. The molecule has 0 aliphatic rings. The van der Waals surface area contributed by atoms with Gasteiger partial charge >= 0.3 is 0 Å². The number of hydrogen-bond acceptors (Lipinski definition) is 2. The van der Waals surface area contributed by atoms with E-state index in [-0.39, 0.29) is 12.4 Å². The zero-order valence-corrected chi connectivity index (χ0v) is 8.57. The summed E-state index contributed by atoms with van der Waals surface area (Å²) in [5.74, 6) is 4.98. The van der Waals surface area contributed by atoms with E-state index in [0.29, 0.717) is 17.0 Å². The number of nitrogen functional groups attached to an aromatic ring is 1. The van der Waals surface area contributed by atoms with E-state index in [0.717, 1.165) is 5.39 Å². The Balaban J connectivity index is 0.00000112. The largest absolute Gasteiger partial charge is 0.397 e. The molecule has 0 saturated heterocycles. The summed E-state index contributed by atoms with van der Waals surface area (Å²) in [4.78, 5) is 7.02. The van der Waals surface area contributed by atoms with Gasteiger partial charge in [-0.3, -0.25) is 0 Å². The molecule has 0 atom stereocenters. The number of alkyl halides is 1. The predicted octanol–water partition coefficient (Wildman–Crippen LogP) is 1.89. The molecule has 0 saturated carbocycles. The Morgan fingerprint density at radius 1 is 1.47 bits per heavy atom. The molecule has 0 unspecified atom stereocenters. The Morgan fingerprint density at radius 2 is 2.27 bits per heavy atom. The lowest BCUT2D eigenvalue weighted by atomic mass is 10.3. The number of rotatable bonds is 0. The Bertz CT molecular complexity index is 524. The van der Waals surface area contributed by atoms with Gasteiger partial charge < -0.3 is 10.7 Å². The van der Waals surface area contributed by atoms with E-state index in [4.69, 9.17) is 5.73 Å². The summed E-state index contributed by atoms with van der Waals surface area (Å²) < 4.78 is 11.8. The highest BCUT2D eigenvalue weighted by atomic mass is 35.5. The highest BCUT2D eigenvalue weighted by Gasteiger charge is 1.99. The van der Waals surface area contributed by atoms with Crippen LogP contribution in [0.5, 0.6) is 0 Å². The van der Waals surface area contributed by atoms with E-state index in [1.807, 2.05) is 0 Å². The number of halogens is 2. The van der Waals surface area contributed by atoms with Crippen molar-refractivity contribution in [1.82, 2.24) is 9.97 Å². The van der Waals surface area contributed by atoms with Crippen LogP contribution in [0.2, 0.25) is 0 Å². The van der Waals surface area contributed by atoms with Gasteiger partial charge in [0.25, 0.3) is 0 Å². The van der Waals surface area contributed by atoms with Crippen molar-refractivity contribution in [3.05, 3.63) is 24.0 Å². The molecule has 0 aliphatic heterocycles. The molecule has 2 heterocycles. The van der Waals surface area contributed by atoms with Gasteiger partial charge in [-0.25, -0.2) is 9.37 Å². The van der Waals surface area contributed by atoms with Crippen molar-refractivity contribution >= 4 is 29.1 Å². The first-order chi connectivity index (χ1) is 6.79. The monoisotopic (exact) mass is 225 g/mol. The molecule has 0 bridgehead atoms. The van der Waals surface area contributed by atoms with Gasteiger partial charge in [-0.15, -0.1) is 12.4 Å². The van der Waals surface area contributed by atoms with E-state index >= 15 is 0 Å². The van der Waals surface area contributed by atoms with Crippen LogP contribution in [-0.4, -0.2) is 16.6 Å². The summed E-state index contributed by atoms with van der Waals surface area (Å²) in [7, 11) is 0. The zero-order valence-electron chi connectivity index (χ0n) is 7.75. The maximum atomic E-state index is 11.8. The second-order valence-corrected chi connectivity index (χ2v) is 2.82. The Kier molecular flexibility index (Phi) is 3.53. The molecule has 0 aliphatic carbocycles. The minimum absolute atomic E-state index is 0. The van der Waals surface area contributed by atoms with E-state index in [1.165, 1.54) is 0 Å². The van der Waals surface area contributed by atoms with Gasteiger partial charge in [0.05, 0.1) is 17.6 Å². The van der Waals surface area contributed by atoms with Crippen molar-refractivity contribution in [2.75, 3.05) is 12.4 Å². The van der Waals surface area contributed by atoms with Crippen LogP contribution in [0.4, 0.5) is 10.1 Å². The number of fused-ring (bicyclic) bond motifs is 1. The van der Waals surface area contributed by atoms with Crippen LogP contribution in [0.25, 0.3) is 11.0 Å². The molecule has 3 N–H and O–H groups in total. The number of anilines is 1. The number of H-pyrrole nitrogens is 1. The van der Waals surface area contributed by atoms with Crippen molar-refractivity contribution in [3.8, 4) is 11.8 Å². The fourth-order valence-electron chi connectivity index (χ4n) is 1.23. The molecule has 0 fully saturated rings. The number of hydrogen-bond donors (Lipinski definition) is 2. The minimum Gasteiger partial charge on any atom is -0.397 e. The van der Waals surface area contributed by atoms with Gasteiger partial charge in [-0.1, -0.05) is 5.92 Å². The van der Waals surface area contributed by atoms with Crippen LogP contribution in [0.1, 0.15) is 5.69 Å². The number of pyridine rings is 1. The van der Waals surface area contributed by atoms with Crippen LogP contribution in [-0.2, 0) is 0 Å². The zero-order chi connectivity index (χ0) is 9.97. The Morgan fingerprint density at radius 3 is 3.00 bits per heavy atom. The summed E-state index contributed by atoms with van der Waals surface area (Å²) >= 11 is 0. The molecule has 3 nitrogen and oxygen atoms in total. The summed E-state index contributed by atoms with van der Waals surface area (Å²) in [5.41, 5.74) is 7.52. The second-order valence-electron chi connectivity index (χ2n) is 2.82. The molecule has 2 rings (SSSR count). The van der Waals surface area contributed by atoms with Crippen LogP contribution in [0, 0.1) is 11.8 Å². The lowest BCUT2D eigenvalue weighted by Crippen LogP contribution is -1.85. The molecular formula is C10H9ClFN3. The quantitative estimate of drug-likeness (QED) is 0.673. The van der Waals surface area contributed by atoms with E-state index in [2.05, 4.69) is 21.8 Å². The Hall–Kier alpha value is -1.73. The van der Waals surface area contributed by atoms with Gasteiger partial charge in [0.2, 0.25) is 0 Å². The highest BCUT2D eigenvalue weighted by Crippen LogP contribution is 2.14. The van der Waals surface area contributed by atoms with Gasteiger partial charge in [-0.2, -0.15) is 0 Å². The normalized spacial score (nSPS) is 9.13. The van der Waals surface area contributed by atoms with Crippen LogP contribution < -0.4 is 5.73 Å². The summed E-state index contributed by atoms with van der Waals surface area (Å²) in [5, 5.41) is 0.883. The third-order valence-electron chi connectivity index (χ3n) is 1.78. The van der Waals surface area contributed by atoms with Crippen molar-refractivity contribution in [2.24, 2.45) is 0 Å². The standard InChI is InChI=1S/C10H8FN3.ClH/c11-3-1-2-9-5-7-4-8(12)6-13-10(7)14-9;/h4-6H,3,12H2,(H,13,14);1H. The number of nitrogens with one attached hydrogen (secondary N) is 1. The molecule has 0 spiro atoms. The fourth-order valence-corrected chi connectivity index (χ4v) is 1.23. The predicted molar refractivity (Wildman–Crippen MR) is 60.6 cm³/mol. The SMILES string of the molecule is Cl.Nc1cnc2[nH]c(C#CCF)cc2c1. The number of aromatic amines is 1. The van der Waals surface area contributed by atoms with Crippen LogP contribution >= 0.6 is 12.4 Å².